The van der Waals surface area contributed by atoms with Gasteiger partial charge in [0.25, 0.3) is 0 Å². The van der Waals surface area contributed by atoms with Crippen LogP contribution in [0.3, 0.4) is 0 Å². The van der Waals surface area contributed by atoms with Crippen LogP contribution in [0.5, 0.6) is 11.5 Å². The topological polar surface area (TPSA) is 127 Å². The number of pyridine rings is 1. The quantitative estimate of drug-likeness (QED) is 0.446. The van der Waals surface area contributed by atoms with Crippen LogP contribution in [0.15, 0.2) is 46.5 Å². The summed E-state index contributed by atoms with van der Waals surface area (Å²) in [6.07, 6.45) is 5.55. The number of methoxy groups -OCH3 is 3. The fourth-order valence-electron chi connectivity index (χ4n) is 4.04. The standard InChI is InChI=1S/C23H31N3O7S.ClH/c1-31-18-6-4-16(5-7-18)12-22(27)25-26(28)15-17-10-11-24-23(13-17)34(29,30)19-8-9-20(32-2)21(14-19)33-3;/h8-11,13-14,16,18,28H,4-7,12,15H2,1-3H3,(H,25,27);1H/t16-,18-;. The van der Waals surface area contributed by atoms with E-state index in [4.69, 9.17) is 14.2 Å². The second-order valence-corrected chi connectivity index (χ2v) is 10.1. The number of hydrazine groups is 1. The van der Waals surface area contributed by atoms with Crippen LogP contribution in [0.4, 0.5) is 0 Å². The lowest BCUT2D eigenvalue weighted by Gasteiger charge is -2.27. The number of halogens is 1. The van der Waals surface area contributed by atoms with Gasteiger partial charge in [-0.05, 0) is 61.4 Å². The fraction of sp³-hybridized carbons (Fsp3) is 0.478. The van der Waals surface area contributed by atoms with E-state index in [2.05, 4.69) is 10.4 Å². The van der Waals surface area contributed by atoms with Crippen LogP contribution in [-0.4, -0.2) is 57.1 Å². The molecule has 1 amide bonds. The second-order valence-electron chi connectivity index (χ2n) is 8.20. The minimum absolute atomic E-state index is 0. The van der Waals surface area contributed by atoms with Crippen molar-refractivity contribution in [2.45, 2.75) is 54.7 Å². The Morgan fingerprint density at radius 3 is 2.40 bits per heavy atom. The maximum Gasteiger partial charge on any atom is 0.236 e. The number of nitrogens with zero attached hydrogens (tertiary/aromatic N) is 2. The van der Waals surface area contributed by atoms with Gasteiger partial charge in [0.2, 0.25) is 15.7 Å². The smallest absolute Gasteiger partial charge is 0.236 e. The van der Waals surface area contributed by atoms with E-state index in [9.17, 15) is 18.4 Å². The number of nitrogens with one attached hydrogen (secondary N) is 1. The third kappa shape index (κ3) is 7.52. The van der Waals surface area contributed by atoms with Crippen LogP contribution in [0.1, 0.15) is 37.7 Å². The number of hydrogen-bond acceptors (Lipinski definition) is 9. The molecule has 0 saturated heterocycles. The van der Waals surface area contributed by atoms with Crippen LogP contribution < -0.4 is 14.9 Å². The molecule has 35 heavy (non-hydrogen) atoms. The van der Waals surface area contributed by atoms with Crippen LogP contribution in [0.2, 0.25) is 0 Å². The highest BCUT2D eigenvalue weighted by molar-refractivity contribution is 7.91. The monoisotopic (exact) mass is 529 g/mol. The number of carbonyl (C=O) groups is 1. The molecule has 0 spiro atoms. The number of aromatic nitrogens is 1. The van der Waals surface area contributed by atoms with E-state index in [1.54, 1.807) is 13.2 Å². The van der Waals surface area contributed by atoms with E-state index in [1.165, 1.54) is 44.7 Å². The fourth-order valence-corrected chi connectivity index (χ4v) is 5.29. The summed E-state index contributed by atoms with van der Waals surface area (Å²) in [6, 6.07) is 7.19. The number of hydroxylamine groups is 1. The Labute approximate surface area is 211 Å². The molecule has 0 unspecified atom stereocenters. The number of sulfone groups is 1. The Balaban J connectivity index is 0.00000432. The molecule has 0 atom stereocenters. The summed E-state index contributed by atoms with van der Waals surface area (Å²) in [5.74, 6) is 0.635. The summed E-state index contributed by atoms with van der Waals surface area (Å²) in [5, 5.41) is 10.7. The molecule has 3 rings (SSSR count). The first-order chi connectivity index (χ1) is 16.3. The molecule has 1 aliphatic rings. The van der Waals surface area contributed by atoms with E-state index in [0.717, 1.165) is 25.7 Å². The summed E-state index contributed by atoms with van der Waals surface area (Å²) in [4.78, 5) is 16.3. The van der Waals surface area contributed by atoms with E-state index in [-0.39, 0.29) is 52.6 Å². The molecule has 1 heterocycles. The van der Waals surface area contributed by atoms with Crippen LogP contribution >= 0.6 is 12.4 Å². The van der Waals surface area contributed by atoms with Crippen molar-refractivity contribution in [2.24, 2.45) is 5.92 Å². The zero-order valence-electron chi connectivity index (χ0n) is 20.0. The average molecular weight is 530 g/mol. The predicted molar refractivity (Wildman–Crippen MR) is 129 cm³/mol. The number of rotatable bonds is 10. The van der Waals surface area contributed by atoms with Crippen LogP contribution in [-0.2, 0) is 25.9 Å². The molecule has 2 N–H and O–H groups in total. The minimum atomic E-state index is -3.95. The highest BCUT2D eigenvalue weighted by Gasteiger charge is 2.24. The minimum Gasteiger partial charge on any atom is -0.493 e. The lowest BCUT2D eigenvalue weighted by atomic mass is 9.85. The van der Waals surface area contributed by atoms with E-state index in [1.807, 2.05) is 0 Å². The van der Waals surface area contributed by atoms with Crippen molar-refractivity contribution in [3.63, 3.8) is 0 Å². The maximum atomic E-state index is 13.1. The Morgan fingerprint density at radius 2 is 1.77 bits per heavy atom. The second kappa shape index (κ2) is 13.0. The maximum absolute atomic E-state index is 13.1. The highest BCUT2D eigenvalue weighted by Crippen LogP contribution is 2.32. The van der Waals surface area contributed by atoms with Gasteiger partial charge in [0.15, 0.2) is 16.5 Å². The normalized spacial score (nSPS) is 18.0. The number of carbonyl (C=O) groups excluding carboxylic acids is 1. The number of ether oxygens (including phenoxy) is 3. The molecule has 1 saturated carbocycles. The van der Waals surface area contributed by atoms with Crippen LogP contribution in [0.25, 0.3) is 0 Å². The summed E-state index contributed by atoms with van der Waals surface area (Å²) >= 11 is 0. The van der Waals surface area contributed by atoms with Crippen molar-refractivity contribution in [1.82, 2.24) is 15.6 Å². The zero-order chi connectivity index (χ0) is 24.7. The summed E-state index contributed by atoms with van der Waals surface area (Å²) < 4.78 is 41.8. The average Bonchev–Trinajstić information content (AvgIpc) is 2.84. The van der Waals surface area contributed by atoms with E-state index in [0.29, 0.717) is 22.9 Å². The zero-order valence-corrected chi connectivity index (χ0v) is 21.6. The van der Waals surface area contributed by atoms with Crippen molar-refractivity contribution in [3.05, 3.63) is 42.1 Å². The van der Waals surface area contributed by atoms with Gasteiger partial charge in [0.05, 0.1) is 31.8 Å². The van der Waals surface area contributed by atoms with Crippen molar-refractivity contribution >= 4 is 28.2 Å². The molecule has 1 aliphatic carbocycles. The molecular weight excluding hydrogens is 498 g/mol. The molecule has 1 aromatic heterocycles. The molecule has 10 nitrogen and oxygen atoms in total. The van der Waals surface area contributed by atoms with E-state index < -0.39 is 9.84 Å². The van der Waals surface area contributed by atoms with Crippen molar-refractivity contribution in [3.8, 4) is 11.5 Å². The van der Waals surface area contributed by atoms with Crippen molar-refractivity contribution in [1.29, 1.82) is 0 Å². The number of amides is 1. The molecule has 0 bridgehead atoms. The molecular formula is C23H32ClN3O7S. The first-order valence-corrected chi connectivity index (χ1v) is 12.5. The molecule has 1 aromatic carbocycles. The number of benzene rings is 1. The van der Waals surface area contributed by atoms with Gasteiger partial charge < -0.3 is 14.2 Å². The van der Waals surface area contributed by atoms with Gasteiger partial charge in [0, 0.05) is 25.8 Å². The summed E-state index contributed by atoms with van der Waals surface area (Å²) in [6.45, 7) is -0.112. The number of hydrogen-bond donors (Lipinski definition) is 2. The van der Waals surface area contributed by atoms with Gasteiger partial charge in [-0.1, -0.05) is 5.17 Å². The van der Waals surface area contributed by atoms with Crippen molar-refractivity contribution in [2.75, 3.05) is 21.3 Å². The summed E-state index contributed by atoms with van der Waals surface area (Å²) in [5.41, 5.74) is 2.89. The van der Waals surface area contributed by atoms with E-state index >= 15 is 0 Å². The third-order valence-corrected chi connectivity index (χ3v) is 7.58. The first kappa shape index (κ1) is 28.8. The van der Waals surface area contributed by atoms with Gasteiger partial charge in [-0.15, -0.1) is 12.4 Å². The third-order valence-electron chi connectivity index (χ3n) is 5.93. The van der Waals surface area contributed by atoms with Gasteiger partial charge in [-0.25, -0.2) is 13.4 Å². The largest absolute Gasteiger partial charge is 0.493 e. The van der Waals surface area contributed by atoms with Gasteiger partial charge in [-0.2, -0.15) is 0 Å². The van der Waals surface area contributed by atoms with Crippen molar-refractivity contribution < 1.29 is 32.6 Å². The Hall–Kier alpha value is -2.44. The Kier molecular flexibility index (Phi) is 10.7. The molecule has 1 fully saturated rings. The summed E-state index contributed by atoms with van der Waals surface area (Å²) in [7, 11) is 0.630. The Bertz CT molecular complexity index is 1090. The lowest BCUT2D eigenvalue weighted by Crippen LogP contribution is -2.40. The van der Waals surface area contributed by atoms with Gasteiger partial charge in [-0.3, -0.25) is 15.4 Å². The molecule has 194 valence electrons. The first-order valence-electron chi connectivity index (χ1n) is 11.0. The lowest BCUT2D eigenvalue weighted by molar-refractivity contribution is -0.166. The molecule has 0 radical (unpaired) electrons. The molecule has 12 heteroatoms. The highest BCUT2D eigenvalue weighted by atomic mass is 35.5. The SMILES string of the molecule is COc1ccc(S(=O)(=O)c2cc(CN(O)NC(=O)C[C@H]3CC[C@H](OC)CC3)ccn2)cc1OC.Cl. The van der Waals surface area contributed by atoms with Crippen LogP contribution in [0, 0.1) is 5.92 Å². The van der Waals surface area contributed by atoms with Gasteiger partial charge in [0.1, 0.15) is 0 Å². The molecule has 2 aromatic rings. The van der Waals surface area contributed by atoms with Gasteiger partial charge >= 0.3 is 0 Å². The Morgan fingerprint density at radius 1 is 1.09 bits per heavy atom. The predicted octanol–water partition coefficient (Wildman–Crippen LogP) is 3.17. The molecule has 0 aliphatic heterocycles.